The van der Waals surface area contributed by atoms with Crippen molar-refractivity contribution in [3.63, 3.8) is 0 Å². The van der Waals surface area contributed by atoms with Crippen molar-refractivity contribution in [2.45, 2.75) is 27.1 Å². The Bertz CT molecular complexity index is 68.6. The minimum Gasteiger partial charge on any atom is -0.198 e. The highest BCUT2D eigenvalue weighted by molar-refractivity contribution is 4.67. The van der Waals surface area contributed by atoms with Gasteiger partial charge in [-0.25, -0.2) is 0 Å². The third kappa shape index (κ3) is 1.14. The van der Waals surface area contributed by atoms with Gasteiger partial charge in [0.15, 0.2) is 0 Å². The molecule has 7 heavy (non-hydrogen) atoms. The van der Waals surface area contributed by atoms with Gasteiger partial charge in [0.2, 0.25) is 6.29 Å². The van der Waals surface area contributed by atoms with Gasteiger partial charge in [0.25, 0.3) is 0 Å². The van der Waals surface area contributed by atoms with Crippen molar-refractivity contribution in [1.29, 1.82) is 0 Å². The monoisotopic (exact) mass is 102 g/mol. The van der Waals surface area contributed by atoms with E-state index in [1.54, 1.807) is 0 Å². The Hall–Kier alpha value is -0.0800. The van der Waals surface area contributed by atoms with Crippen LogP contribution in [0, 0.1) is 5.41 Å². The average molecular weight is 102 g/mol. The van der Waals surface area contributed by atoms with Crippen LogP contribution in [0.2, 0.25) is 0 Å². The van der Waals surface area contributed by atoms with Crippen LogP contribution >= 0.6 is 0 Å². The molecule has 2 nitrogen and oxygen atoms in total. The van der Waals surface area contributed by atoms with Crippen LogP contribution in [-0.2, 0) is 9.78 Å². The zero-order valence-electron chi connectivity index (χ0n) is 4.89. The first-order valence-corrected chi connectivity index (χ1v) is 2.43. The fourth-order valence-electron chi connectivity index (χ4n) is 0.316. The second kappa shape index (κ2) is 1.20. The van der Waals surface area contributed by atoms with Crippen LogP contribution in [0.4, 0.5) is 0 Å². The molecule has 1 heterocycles. The molecule has 0 unspecified atom stereocenters. The summed E-state index contributed by atoms with van der Waals surface area (Å²) in [6, 6.07) is 0. The second-order valence-corrected chi connectivity index (χ2v) is 2.89. The van der Waals surface area contributed by atoms with Crippen LogP contribution in [0.1, 0.15) is 20.8 Å². The Labute approximate surface area is 43.3 Å². The van der Waals surface area contributed by atoms with Crippen LogP contribution < -0.4 is 0 Å². The predicted octanol–water partition coefficient (Wildman–Crippen LogP) is 1.32. The molecule has 1 rings (SSSR count). The smallest absolute Gasteiger partial charge is 0.198 e. The van der Waals surface area contributed by atoms with Gasteiger partial charge in [0, 0.05) is 5.41 Å². The van der Waals surface area contributed by atoms with E-state index in [4.69, 9.17) is 0 Å². The third-order valence-corrected chi connectivity index (χ3v) is 0.900. The van der Waals surface area contributed by atoms with Crippen molar-refractivity contribution in [3.05, 3.63) is 0 Å². The molecule has 0 atom stereocenters. The zero-order chi connectivity index (χ0) is 5.49. The minimum atomic E-state index is 0.0486. The number of rotatable bonds is 0. The van der Waals surface area contributed by atoms with Gasteiger partial charge < -0.3 is 0 Å². The normalized spacial score (nSPS) is 22.7. The lowest BCUT2D eigenvalue weighted by Crippen LogP contribution is -2.12. The number of hydrogen-bond acceptors (Lipinski definition) is 2. The van der Waals surface area contributed by atoms with Crippen molar-refractivity contribution < 1.29 is 9.78 Å². The first kappa shape index (κ1) is 5.06. The molecule has 0 amide bonds. The van der Waals surface area contributed by atoms with Gasteiger partial charge >= 0.3 is 0 Å². The quantitative estimate of drug-likeness (QED) is 0.340. The van der Waals surface area contributed by atoms with Crippen molar-refractivity contribution in [2.24, 2.45) is 5.41 Å². The van der Waals surface area contributed by atoms with E-state index < -0.39 is 0 Å². The summed E-state index contributed by atoms with van der Waals surface area (Å²) in [5.41, 5.74) is 0.167. The first-order valence-electron chi connectivity index (χ1n) is 2.43. The summed E-state index contributed by atoms with van der Waals surface area (Å²) in [5, 5.41) is 0. The first-order chi connectivity index (χ1) is 3.11. The Morgan fingerprint density at radius 1 is 1.14 bits per heavy atom. The SMILES string of the molecule is CC(C)(C)C1OO1. The van der Waals surface area contributed by atoms with Crippen molar-refractivity contribution in [3.8, 4) is 0 Å². The van der Waals surface area contributed by atoms with E-state index in [1.165, 1.54) is 0 Å². The molecule has 0 aromatic rings. The van der Waals surface area contributed by atoms with Gasteiger partial charge in [-0.05, 0) is 0 Å². The van der Waals surface area contributed by atoms with E-state index in [2.05, 4.69) is 30.5 Å². The fourth-order valence-corrected chi connectivity index (χ4v) is 0.316. The minimum absolute atomic E-state index is 0.0486. The van der Waals surface area contributed by atoms with Gasteiger partial charge in [-0.2, -0.15) is 9.78 Å². The molecule has 0 aliphatic carbocycles. The van der Waals surface area contributed by atoms with Crippen molar-refractivity contribution in [1.82, 2.24) is 0 Å². The summed E-state index contributed by atoms with van der Waals surface area (Å²) in [7, 11) is 0. The Kier molecular flexibility index (Phi) is 0.869. The summed E-state index contributed by atoms with van der Waals surface area (Å²) < 4.78 is 0. The van der Waals surface area contributed by atoms with Crippen molar-refractivity contribution >= 4 is 0 Å². The molecular weight excluding hydrogens is 92.1 g/mol. The van der Waals surface area contributed by atoms with E-state index in [1.807, 2.05) is 0 Å². The molecule has 1 aliphatic rings. The maximum Gasteiger partial charge on any atom is 0.229 e. The molecule has 1 aliphatic heterocycles. The number of hydrogen-bond donors (Lipinski definition) is 0. The highest BCUT2D eigenvalue weighted by Crippen LogP contribution is 2.32. The molecule has 0 spiro atoms. The van der Waals surface area contributed by atoms with Crippen LogP contribution in [0.3, 0.4) is 0 Å². The summed E-state index contributed by atoms with van der Waals surface area (Å²) in [5.74, 6) is 0. The Morgan fingerprint density at radius 3 is 1.57 bits per heavy atom. The summed E-state index contributed by atoms with van der Waals surface area (Å²) in [6.07, 6.45) is 0.0486. The van der Waals surface area contributed by atoms with Gasteiger partial charge in [-0.3, -0.25) is 0 Å². The molecule has 2 heteroatoms. The van der Waals surface area contributed by atoms with Gasteiger partial charge in [0.05, 0.1) is 0 Å². The fraction of sp³-hybridized carbons (Fsp3) is 1.00. The van der Waals surface area contributed by atoms with E-state index >= 15 is 0 Å². The predicted molar refractivity (Wildman–Crippen MR) is 25.4 cm³/mol. The topological polar surface area (TPSA) is 25.1 Å². The lowest BCUT2D eigenvalue weighted by atomic mass is 9.97. The van der Waals surface area contributed by atoms with E-state index in [0.29, 0.717) is 0 Å². The Morgan fingerprint density at radius 2 is 1.57 bits per heavy atom. The van der Waals surface area contributed by atoms with E-state index in [9.17, 15) is 0 Å². The summed E-state index contributed by atoms with van der Waals surface area (Å²) in [4.78, 5) is 9.15. The van der Waals surface area contributed by atoms with E-state index in [0.717, 1.165) is 0 Å². The van der Waals surface area contributed by atoms with Gasteiger partial charge in [-0.1, -0.05) is 20.8 Å². The molecule has 42 valence electrons. The molecule has 0 saturated carbocycles. The Balaban J connectivity index is 2.36. The highest BCUT2D eigenvalue weighted by atomic mass is 17.4. The molecule has 1 saturated heterocycles. The highest BCUT2D eigenvalue weighted by Gasteiger charge is 2.38. The van der Waals surface area contributed by atoms with Crippen LogP contribution in [0.25, 0.3) is 0 Å². The van der Waals surface area contributed by atoms with Crippen LogP contribution in [-0.4, -0.2) is 6.29 Å². The average Bonchev–Trinajstić information content (AvgIpc) is 1.99. The van der Waals surface area contributed by atoms with Gasteiger partial charge in [-0.15, -0.1) is 0 Å². The zero-order valence-corrected chi connectivity index (χ0v) is 4.89. The van der Waals surface area contributed by atoms with Crippen LogP contribution in [0.5, 0.6) is 0 Å². The second-order valence-electron chi connectivity index (χ2n) is 2.89. The standard InChI is InChI=1S/C5H10O2/c1-5(2,3)4-6-7-4/h4H,1-3H3. The molecule has 0 aromatic carbocycles. The molecule has 0 bridgehead atoms. The lowest BCUT2D eigenvalue weighted by molar-refractivity contribution is 0.0850. The third-order valence-electron chi connectivity index (χ3n) is 0.900. The molecule has 0 aromatic heterocycles. The maximum absolute atomic E-state index is 4.57. The van der Waals surface area contributed by atoms with E-state index in [-0.39, 0.29) is 11.7 Å². The van der Waals surface area contributed by atoms with Gasteiger partial charge in [0.1, 0.15) is 0 Å². The summed E-state index contributed by atoms with van der Waals surface area (Å²) >= 11 is 0. The molecule has 1 fully saturated rings. The summed E-state index contributed by atoms with van der Waals surface area (Å²) in [6.45, 7) is 6.22. The molecule has 0 radical (unpaired) electrons. The maximum atomic E-state index is 4.57. The van der Waals surface area contributed by atoms with Crippen LogP contribution in [0.15, 0.2) is 0 Å². The molecular formula is C5H10O2. The van der Waals surface area contributed by atoms with Crippen molar-refractivity contribution in [2.75, 3.05) is 0 Å². The molecule has 0 N–H and O–H groups in total. The lowest BCUT2D eigenvalue weighted by Gasteiger charge is -2.08. The largest absolute Gasteiger partial charge is 0.229 e.